The average molecular weight is 376 g/mol. The van der Waals surface area contributed by atoms with Gasteiger partial charge in [0.2, 0.25) is 0 Å². The van der Waals surface area contributed by atoms with E-state index in [1.54, 1.807) is 13.0 Å². The monoisotopic (exact) mass is 376 g/mol. The van der Waals surface area contributed by atoms with E-state index in [4.69, 9.17) is 9.47 Å². The second-order valence-corrected chi connectivity index (χ2v) is 8.89. The molecule has 6 nitrogen and oxygen atoms in total. The molecule has 5 rings (SSSR count). The molecule has 0 radical (unpaired) electrons. The number of fused-ring (bicyclic) bond motifs is 1. The van der Waals surface area contributed by atoms with Crippen LogP contribution in [0.2, 0.25) is 0 Å². The normalized spacial score (nSPS) is 54.6. The van der Waals surface area contributed by atoms with Crippen LogP contribution >= 0.6 is 0 Å². The summed E-state index contributed by atoms with van der Waals surface area (Å²) in [6, 6.07) is 0. The van der Waals surface area contributed by atoms with Gasteiger partial charge in [0.15, 0.2) is 5.78 Å². The van der Waals surface area contributed by atoms with Gasteiger partial charge in [0.05, 0.1) is 24.5 Å². The van der Waals surface area contributed by atoms with E-state index in [0.29, 0.717) is 0 Å². The Hall–Kier alpha value is -2.02. The van der Waals surface area contributed by atoms with Crippen LogP contribution in [0.25, 0.3) is 0 Å². The maximum Gasteiger partial charge on any atom is 0.316 e. The molecule has 27 heavy (non-hydrogen) atoms. The molecule has 0 amide bonds. The Morgan fingerprint density at radius 2 is 2.15 bits per heavy atom. The number of ether oxygens (including phenoxy) is 2. The molecule has 0 unspecified atom stereocenters. The van der Waals surface area contributed by atoms with Gasteiger partial charge in [-0.2, -0.15) is 0 Å². The van der Waals surface area contributed by atoms with Crippen molar-refractivity contribution in [3.63, 3.8) is 0 Å². The van der Waals surface area contributed by atoms with E-state index >= 15 is 4.39 Å². The fraction of sp³-hybridized carbons (Fsp3) is 0.650. The summed E-state index contributed by atoms with van der Waals surface area (Å²) in [5, 5.41) is 10.6. The van der Waals surface area contributed by atoms with Crippen molar-refractivity contribution >= 4 is 17.7 Å². The Balaban J connectivity index is 1.82. The molecular weight excluding hydrogens is 355 g/mol. The molecule has 4 bridgehead atoms. The summed E-state index contributed by atoms with van der Waals surface area (Å²) in [6.45, 7) is 5.25. The van der Waals surface area contributed by atoms with E-state index in [1.165, 1.54) is 13.2 Å². The molecule has 4 aliphatic carbocycles. The first-order chi connectivity index (χ1) is 12.6. The lowest BCUT2D eigenvalue weighted by molar-refractivity contribution is -0.166. The second-order valence-electron chi connectivity index (χ2n) is 8.89. The first-order valence-electron chi connectivity index (χ1n) is 9.21. The zero-order chi connectivity index (χ0) is 19.6. The number of alkyl halides is 1. The first-order valence-corrected chi connectivity index (χ1v) is 9.21. The van der Waals surface area contributed by atoms with E-state index < -0.39 is 63.7 Å². The Labute approximate surface area is 155 Å². The van der Waals surface area contributed by atoms with Crippen molar-refractivity contribution in [1.29, 1.82) is 0 Å². The molecule has 1 aliphatic heterocycles. The molecule has 1 spiro atoms. The quantitative estimate of drug-likeness (QED) is 0.421. The van der Waals surface area contributed by atoms with Gasteiger partial charge in [0, 0.05) is 17.4 Å². The van der Waals surface area contributed by atoms with Gasteiger partial charge in [-0.05, 0) is 32.3 Å². The second kappa shape index (κ2) is 4.51. The van der Waals surface area contributed by atoms with Crippen LogP contribution < -0.4 is 0 Å². The maximum absolute atomic E-state index is 15.5. The number of allylic oxidation sites excluding steroid dienone is 1. The molecule has 0 aromatic carbocycles. The summed E-state index contributed by atoms with van der Waals surface area (Å²) < 4.78 is 26.3. The molecule has 1 heterocycles. The number of hydrogen-bond acceptors (Lipinski definition) is 6. The van der Waals surface area contributed by atoms with Gasteiger partial charge < -0.3 is 14.6 Å². The zero-order valence-corrected chi connectivity index (χ0v) is 15.2. The van der Waals surface area contributed by atoms with Gasteiger partial charge in [0.1, 0.15) is 16.7 Å². The highest BCUT2D eigenvalue weighted by Crippen LogP contribution is 2.76. The summed E-state index contributed by atoms with van der Waals surface area (Å²) in [4.78, 5) is 39.1. The third kappa shape index (κ3) is 1.46. The molecule has 8 atom stereocenters. The van der Waals surface area contributed by atoms with Crippen molar-refractivity contribution < 1.29 is 33.4 Å². The average Bonchev–Trinajstić information content (AvgIpc) is 3.04. The van der Waals surface area contributed by atoms with Crippen LogP contribution in [-0.4, -0.2) is 47.3 Å². The smallest absolute Gasteiger partial charge is 0.316 e. The zero-order valence-electron chi connectivity index (χ0n) is 15.2. The number of aliphatic hydroxyl groups is 1. The Bertz CT molecular complexity index is 865. The number of hydrogen-bond donors (Lipinski definition) is 1. The standard InChI is InChI=1S/C20H21FO6/c1-9-14(23)19-8-18(9,21)6-4-10(19)20-7-5-11(22)17(2,16(25)27-20)13(20)12(19)15(24)26-3/h5,7,10-13,22H,1,4,6,8H2,2-3H3/t10-,11+,12-,13-,17+,18+,19-,20-/m1/s1. The predicted octanol–water partition coefficient (Wildman–Crippen LogP) is 1.27. The summed E-state index contributed by atoms with van der Waals surface area (Å²) in [7, 11) is 1.21. The summed E-state index contributed by atoms with van der Waals surface area (Å²) in [5.41, 5.74) is -5.94. The van der Waals surface area contributed by atoms with Crippen LogP contribution in [0.1, 0.15) is 26.2 Å². The molecule has 0 aromatic heterocycles. The van der Waals surface area contributed by atoms with Crippen molar-refractivity contribution in [2.45, 2.75) is 43.6 Å². The first kappa shape index (κ1) is 17.1. The number of rotatable bonds is 1. The minimum Gasteiger partial charge on any atom is -0.469 e. The van der Waals surface area contributed by atoms with Gasteiger partial charge in [-0.15, -0.1) is 0 Å². The lowest BCUT2D eigenvalue weighted by Crippen LogP contribution is -2.51. The van der Waals surface area contributed by atoms with Crippen molar-refractivity contribution in [3.8, 4) is 0 Å². The van der Waals surface area contributed by atoms with E-state index in [2.05, 4.69) is 6.58 Å². The number of esters is 2. The van der Waals surface area contributed by atoms with E-state index in [1.807, 2.05) is 0 Å². The van der Waals surface area contributed by atoms with Crippen LogP contribution in [0, 0.1) is 28.6 Å². The van der Waals surface area contributed by atoms with Crippen LogP contribution in [0.15, 0.2) is 24.3 Å². The number of carbonyl (C=O) groups is 3. The van der Waals surface area contributed by atoms with Gasteiger partial charge >= 0.3 is 11.9 Å². The summed E-state index contributed by atoms with van der Waals surface area (Å²) in [5.74, 6) is -4.18. The third-order valence-electron chi connectivity index (χ3n) is 8.14. The highest BCUT2D eigenvalue weighted by atomic mass is 19.1. The van der Waals surface area contributed by atoms with Crippen molar-refractivity contribution in [1.82, 2.24) is 0 Å². The number of halogens is 1. The fourth-order valence-electron chi connectivity index (χ4n) is 6.98. The SMILES string of the molecule is C=C1C(=O)[C@]23C[C@@]1(F)CC[C@H]2[C@@]12C=C[C@H](O)[C@](C)(C(=O)O1)[C@H]2[C@@H]3C(=O)OC. The molecule has 1 N–H and O–H groups in total. The highest BCUT2D eigenvalue weighted by Gasteiger charge is 2.86. The van der Waals surface area contributed by atoms with Crippen molar-refractivity contribution in [2.24, 2.45) is 28.6 Å². The number of ketones is 1. The van der Waals surface area contributed by atoms with Crippen LogP contribution in [0.5, 0.6) is 0 Å². The Morgan fingerprint density at radius 1 is 1.44 bits per heavy atom. The van der Waals surface area contributed by atoms with E-state index in [0.717, 1.165) is 0 Å². The van der Waals surface area contributed by atoms with Gasteiger partial charge in [0.25, 0.3) is 0 Å². The highest BCUT2D eigenvalue weighted by molar-refractivity contribution is 6.08. The van der Waals surface area contributed by atoms with Gasteiger partial charge in [-0.25, -0.2) is 4.39 Å². The number of carbonyl (C=O) groups excluding carboxylic acids is 3. The Kier molecular flexibility index (Phi) is 2.86. The lowest BCUT2D eigenvalue weighted by atomic mass is 9.61. The Morgan fingerprint density at radius 3 is 2.81 bits per heavy atom. The van der Waals surface area contributed by atoms with Crippen LogP contribution in [-0.2, 0) is 23.9 Å². The van der Waals surface area contributed by atoms with Crippen molar-refractivity contribution in [2.75, 3.05) is 7.11 Å². The molecule has 5 aliphatic rings. The fourth-order valence-corrected chi connectivity index (χ4v) is 6.98. The largest absolute Gasteiger partial charge is 0.469 e. The topological polar surface area (TPSA) is 89.9 Å². The van der Waals surface area contributed by atoms with E-state index in [9.17, 15) is 19.5 Å². The van der Waals surface area contributed by atoms with E-state index in [-0.39, 0.29) is 24.8 Å². The van der Waals surface area contributed by atoms with Crippen LogP contribution in [0.3, 0.4) is 0 Å². The van der Waals surface area contributed by atoms with Gasteiger partial charge in [-0.1, -0.05) is 12.7 Å². The number of methoxy groups -OCH3 is 1. The van der Waals surface area contributed by atoms with Crippen LogP contribution in [0.4, 0.5) is 4.39 Å². The lowest BCUT2D eigenvalue weighted by Gasteiger charge is -2.42. The summed E-state index contributed by atoms with van der Waals surface area (Å²) >= 11 is 0. The maximum atomic E-state index is 15.5. The van der Waals surface area contributed by atoms with Gasteiger partial charge in [-0.3, -0.25) is 14.4 Å². The minimum atomic E-state index is -1.85. The molecule has 7 heteroatoms. The third-order valence-corrected chi connectivity index (χ3v) is 8.14. The summed E-state index contributed by atoms with van der Waals surface area (Å²) in [6.07, 6.45) is 2.18. The molecule has 3 saturated carbocycles. The minimum absolute atomic E-state index is 0.0943. The number of Topliss-reactive ketones (excluding diaryl/α,β-unsaturated/α-hetero) is 1. The molecular formula is C20H21FO6. The molecule has 1 saturated heterocycles. The molecule has 0 aromatic rings. The molecule has 4 fully saturated rings. The molecule has 144 valence electrons. The predicted molar refractivity (Wildman–Crippen MR) is 88.8 cm³/mol. The van der Waals surface area contributed by atoms with Crippen molar-refractivity contribution in [3.05, 3.63) is 24.3 Å². The number of aliphatic hydroxyl groups excluding tert-OH is 1.